The van der Waals surface area contributed by atoms with Gasteiger partial charge in [0.1, 0.15) is 5.58 Å². The molecule has 0 spiro atoms. The van der Waals surface area contributed by atoms with Crippen molar-refractivity contribution in [3.8, 4) is 6.07 Å². The number of fused-ring (bicyclic) bond motifs is 2. The SMILES string of the molecule is COCCN(Cc1ccc(C#N)cc1)Cc1cc(=O)oc2cc3c(cc12)CCC3. The summed E-state index contributed by atoms with van der Waals surface area (Å²) in [6, 6.07) is 15.6. The smallest absolute Gasteiger partial charge is 0.336 e. The third-order valence-corrected chi connectivity index (χ3v) is 5.54. The van der Waals surface area contributed by atoms with Crippen LogP contribution in [0.4, 0.5) is 0 Å². The minimum atomic E-state index is -0.310. The van der Waals surface area contributed by atoms with E-state index in [0.29, 0.717) is 30.8 Å². The third-order valence-electron chi connectivity index (χ3n) is 5.54. The second-order valence-electron chi connectivity index (χ2n) is 7.57. The van der Waals surface area contributed by atoms with Gasteiger partial charge in [-0.1, -0.05) is 12.1 Å². The van der Waals surface area contributed by atoms with Gasteiger partial charge in [-0.3, -0.25) is 4.90 Å². The summed E-state index contributed by atoms with van der Waals surface area (Å²) in [4.78, 5) is 14.4. The highest BCUT2D eigenvalue weighted by Crippen LogP contribution is 2.29. The number of aryl methyl sites for hydroxylation is 2. The molecule has 0 radical (unpaired) electrons. The number of nitrogens with zero attached hydrogens (tertiary/aromatic N) is 2. The summed E-state index contributed by atoms with van der Waals surface area (Å²) >= 11 is 0. The van der Waals surface area contributed by atoms with E-state index < -0.39 is 0 Å². The predicted octanol–water partition coefficient (Wildman–Crippen LogP) is 3.80. The van der Waals surface area contributed by atoms with Crippen LogP contribution < -0.4 is 5.63 Å². The van der Waals surface area contributed by atoms with Gasteiger partial charge in [0, 0.05) is 38.2 Å². The van der Waals surface area contributed by atoms with E-state index >= 15 is 0 Å². The Morgan fingerprint density at radius 3 is 2.59 bits per heavy atom. The lowest BCUT2D eigenvalue weighted by Gasteiger charge is -2.23. The van der Waals surface area contributed by atoms with Gasteiger partial charge in [-0.15, -0.1) is 0 Å². The van der Waals surface area contributed by atoms with Crippen LogP contribution in [0.1, 0.15) is 34.2 Å². The standard InChI is InChI=1S/C24H24N2O3/c1-28-10-9-26(15-18-7-5-17(14-25)6-8-18)16-21-13-24(27)29-23-12-20-4-2-3-19(20)11-22(21)23/h5-8,11-13H,2-4,9-10,15-16H2,1H3. The first-order valence-corrected chi connectivity index (χ1v) is 9.95. The summed E-state index contributed by atoms with van der Waals surface area (Å²) in [6.07, 6.45) is 3.30. The number of benzene rings is 2. The topological polar surface area (TPSA) is 66.5 Å². The van der Waals surface area contributed by atoms with Crippen molar-refractivity contribution in [2.24, 2.45) is 0 Å². The van der Waals surface area contributed by atoms with Gasteiger partial charge in [0.25, 0.3) is 0 Å². The van der Waals surface area contributed by atoms with Crippen LogP contribution in [0.25, 0.3) is 11.0 Å². The van der Waals surface area contributed by atoms with Crippen molar-refractivity contribution < 1.29 is 9.15 Å². The van der Waals surface area contributed by atoms with E-state index in [9.17, 15) is 4.79 Å². The van der Waals surface area contributed by atoms with Crippen LogP contribution >= 0.6 is 0 Å². The largest absolute Gasteiger partial charge is 0.423 e. The normalized spacial score (nSPS) is 13.0. The van der Waals surface area contributed by atoms with Crippen molar-refractivity contribution in [1.82, 2.24) is 4.90 Å². The Labute approximate surface area is 170 Å². The molecule has 1 aliphatic rings. The fourth-order valence-corrected chi connectivity index (χ4v) is 4.04. The highest BCUT2D eigenvalue weighted by atomic mass is 16.5. The lowest BCUT2D eigenvalue weighted by molar-refractivity contribution is 0.140. The Kier molecular flexibility index (Phi) is 5.75. The molecular weight excluding hydrogens is 364 g/mol. The van der Waals surface area contributed by atoms with Crippen molar-refractivity contribution in [3.05, 3.63) is 80.7 Å². The minimum Gasteiger partial charge on any atom is -0.423 e. The molecule has 0 saturated heterocycles. The number of nitriles is 1. The zero-order valence-electron chi connectivity index (χ0n) is 16.6. The number of hydrogen-bond donors (Lipinski definition) is 0. The fourth-order valence-electron chi connectivity index (χ4n) is 4.04. The molecule has 0 amide bonds. The van der Waals surface area contributed by atoms with Crippen LogP contribution in [-0.4, -0.2) is 25.2 Å². The van der Waals surface area contributed by atoms with Gasteiger partial charge in [-0.05, 0) is 65.8 Å². The molecule has 0 bridgehead atoms. The van der Waals surface area contributed by atoms with Crippen LogP contribution in [0.15, 0.2) is 51.7 Å². The second-order valence-corrected chi connectivity index (χ2v) is 7.57. The summed E-state index contributed by atoms with van der Waals surface area (Å²) in [6.45, 7) is 2.68. The second kappa shape index (κ2) is 8.60. The van der Waals surface area contributed by atoms with Crippen molar-refractivity contribution in [3.63, 3.8) is 0 Å². The van der Waals surface area contributed by atoms with E-state index in [-0.39, 0.29) is 5.63 Å². The summed E-state index contributed by atoms with van der Waals surface area (Å²) in [5.74, 6) is 0. The molecule has 0 aliphatic heterocycles. The first-order chi connectivity index (χ1) is 14.2. The maximum absolute atomic E-state index is 12.2. The minimum absolute atomic E-state index is 0.310. The van der Waals surface area contributed by atoms with Crippen LogP contribution in [0.5, 0.6) is 0 Å². The molecule has 4 rings (SSSR count). The molecule has 5 nitrogen and oxygen atoms in total. The third kappa shape index (κ3) is 4.40. The number of hydrogen-bond acceptors (Lipinski definition) is 5. The monoisotopic (exact) mass is 388 g/mol. The maximum Gasteiger partial charge on any atom is 0.336 e. The molecule has 2 aromatic carbocycles. The van der Waals surface area contributed by atoms with Gasteiger partial charge in [-0.25, -0.2) is 4.79 Å². The fraction of sp³-hybridized carbons (Fsp3) is 0.333. The van der Waals surface area contributed by atoms with Gasteiger partial charge >= 0.3 is 5.63 Å². The lowest BCUT2D eigenvalue weighted by atomic mass is 10.0. The maximum atomic E-state index is 12.2. The summed E-state index contributed by atoms with van der Waals surface area (Å²) in [7, 11) is 1.69. The Balaban J connectivity index is 1.65. The average molecular weight is 388 g/mol. The first kappa shape index (κ1) is 19.4. The van der Waals surface area contributed by atoms with Crippen LogP contribution in [0, 0.1) is 11.3 Å². The van der Waals surface area contributed by atoms with Crippen LogP contribution in [0.3, 0.4) is 0 Å². The van der Waals surface area contributed by atoms with Crippen molar-refractivity contribution >= 4 is 11.0 Å². The van der Waals surface area contributed by atoms with Gasteiger partial charge in [0.15, 0.2) is 0 Å². The molecule has 148 valence electrons. The molecular formula is C24H24N2O3. The van der Waals surface area contributed by atoms with Crippen molar-refractivity contribution in [2.45, 2.75) is 32.4 Å². The summed E-state index contributed by atoms with van der Waals surface area (Å²) < 4.78 is 10.8. The quantitative estimate of drug-likeness (QED) is 0.576. The van der Waals surface area contributed by atoms with Crippen LogP contribution in [-0.2, 0) is 30.7 Å². The number of ether oxygens (including phenoxy) is 1. The van der Waals surface area contributed by atoms with Gasteiger partial charge in [0.2, 0.25) is 0 Å². The highest BCUT2D eigenvalue weighted by molar-refractivity contribution is 5.82. The first-order valence-electron chi connectivity index (χ1n) is 9.95. The van der Waals surface area contributed by atoms with E-state index in [1.165, 1.54) is 11.1 Å². The Hall–Kier alpha value is -2.94. The van der Waals surface area contributed by atoms with Crippen LogP contribution in [0.2, 0.25) is 0 Å². The molecule has 3 aromatic rings. The van der Waals surface area contributed by atoms with Crippen molar-refractivity contribution in [2.75, 3.05) is 20.3 Å². The van der Waals surface area contributed by atoms with Gasteiger partial charge in [0.05, 0.1) is 18.2 Å². The Morgan fingerprint density at radius 2 is 1.86 bits per heavy atom. The summed E-state index contributed by atoms with van der Waals surface area (Å²) in [5, 5.41) is 10.0. The molecule has 5 heteroatoms. The van der Waals surface area contributed by atoms with Gasteiger partial charge < -0.3 is 9.15 Å². The molecule has 0 atom stereocenters. The molecule has 29 heavy (non-hydrogen) atoms. The molecule has 1 heterocycles. The van der Waals surface area contributed by atoms with E-state index in [1.807, 2.05) is 30.3 Å². The summed E-state index contributed by atoms with van der Waals surface area (Å²) in [5.41, 5.74) is 5.78. The highest BCUT2D eigenvalue weighted by Gasteiger charge is 2.17. The Morgan fingerprint density at radius 1 is 1.10 bits per heavy atom. The Bertz CT molecular complexity index is 1110. The molecule has 0 fully saturated rings. The molecule has 1 aromatic heterocycles. The van der Waals surface area contributed by atoms with E-state index in [2.05, 4.69) is 17.0 Å². The van der Waals surface area contributed by atoms with Crippen molar-refractivity contribution in [1.29, 1.82) is 5.26 Å². The van der Waals surface area contributed by atoms with E-state index in [4.69, 9.17) is 14.4 Å². The lowest BCUT2D eigenvalue weighted by Crippen LogP contribution is -2.27. The van der Waals surface area contributed by atoms with E-state index in [1.54, 1.807) is 13.2 Å². The zero-order chi connectivity index (χ0) is 20.2. The molecule has 0 N–H and O–H groups in total. The van der Waals surface area contributed by atoms with E-state index in [0.717, 1.165) is 42.3 Å². The molecule has 1 aliphatic carbocycles. The van der Waals surface area contributed by atoms with Gasteiger partial charge in [-0.2, -0.15) is 5.26 Å². The molecule has 0 unspecified atom stereocenters. The predicted molar refractivity (Wildman–Crippen MR) is 112 cm³/mol. The molecule has 0 saturated carbocycles. The number of methoxy groups -OCH3 is 1. The average Bonchev–Trinajstić information content (AvgIpc) is 3.18. The number of rotatable bonds is 7. The zero-order valence-corrected chi connectivity index (χ0v) is 16.6.